The molecule has 6 heteroatoms. The molecule has 19 heavy (non-hydrogen) atoms. The van der Waals surface area contributed by atoms with Crippen LogP contribution in [-0.2, 0) is 16.6 Å². The number of aryl methyl sites for hydroxylation is 1. The van der Waals surface area contributed by atoms with Gasteiger partial charge in [0, 0.05) is 12.6 Å². The fourth-order valence-corrected chi connectivity index (χ4v) is 3.91. The molecule has 108 valence electrons. The van der Waals surface area contributed by atoms with E-state index in [9.17, 15) is 8.42 Å². The summed E-state index contributed by atoms with van der Waals surface area (Å²) in [4.78, 5) is 0.207. The lowest BCUT2D eigenvalue weighted by molar-refractivity contribution is 0.133. The largest absolute Gasteiger partial charge is 0.464 e. The number of sulfonamides is 1. The topological polar surface area (TPSA) is 85.3 Å². The van der Waals surface area contributed by atoms with E-state index in [2.05, 4.69) is 11.6 Å². The summed E-state index contributed by atoms with van der Waals surface area (Å²) in [5.41, 5.74) is 5.62. The van der Waals surface area contributed by atoms with Crippen LogP contribution in [0.2, 0.25) is 0 Å². The molecule has 1 aliphatic rings. The Bertz CT molecular complexity index is 539. The molecule has 3 N–H and O–H groups in total. The zero-order valence-corrected chi connectivity index (χ0v) is 12.3. The van der Waals surface area contributed by atoms with Gasteiger partial charge in [-0.3, -0.25) is 0 Å². The average molecular weight is 286 g/mol. The van der Waals surface area contributed by atoms with E-state index in [0.29, 0.717) is 18.1 Å². The van der Waals surface area contributed by atoms with Gasteiger partial charge in [0.2, 0.25) is 10.0 Å². The van der Waals surface area contributed by atoms with Gasteiger partial charge >= 0.3 is 0 Å². The van der Waals surface area contributed by atoms with Gasteiger partial charge in [0.05, 0.1) is 6.54 Å². The molecular formula is C13H22N2O3S. The molecule has 0 aliphatic heterocycles. The number of hydrogen-bond donors (Lipinski definition) is 2. The molecule has 2 rings (SSSR count). The smallest absolute Gasteiger partial charge is 0.244 e. The zero-order chi connectivity index (χ0) is 14.1. The summed E-state index contributed by atoms with van der Waals surface area (Å²) in [5, 5.41) is 0. The Labute approximate surface area is 114 Å². The average Bonchev–Trinajstić information content (AvgIpc) is 2.70. The minimum Gasteiger partial charge on any atom is -0.464 e. The molecule has 1 aromatic heterocycles. The molecule has 0 spiro atoms. The first-order valence-corrected chi connectivity index (χ1v) is 8.20. The Morgan fingerprint density at radius 2 is 2.16 bits per heavy atom. The molecule has 0 atom stereocenters. The number of nitrogens with two attached hydrogens (primary N) is 1. The van der Waals surface area contributed by atoms with Crippen LogP contribution in [-0.4, -0.2) is 15.0 Å². The molecule has 0 saturated heterocycles. The predicted molar refractivity (Wildman–Crippen MR) is 73.1 cm³/mol. The number of furan rings is 1. The highest BCUT2D eigenvalue weighted by atomic mass is 32.2. The minimum atomic E-state index is -3.50. The molecule has 0 aromatic carbocycles. The second-order valence-electron chi connectivity index (χ2n) is 5.37. The molecule has 1 saturated carbocycles. The van der Waals surface area contributed by atoms with Crippen molar-refractivity contribution in [3.8, 4) is 0 Å². The fraction of sp³-hybridized carbons (Fsp3) is 0.692. The van der Waals surface area contributed by atoms with Crippen molar-refractivity contribution in [3.63, 3.8) is 0 Å². The van der Waals surface area contributed by atoms with Crippen LogP contribution in [0.15, 0.2) is 15.4 Å². The molecule has 1 aromatic rings. The number of hydrogen-bond acceptors (Lipinski definition) is 4. The maximum atomic E-state index is 12.3. The van der Waals surface area contributed by atoms with Crippen LogP contribution in [0.4, 0.5) is 0 Å². The van der Waals surface area contributed by atoms with Crippen molar-refractivity contribution in [2.24, 2.45) is 11.1 Å². The van der Waals surface area contributed by atoms with Crippen LogP contribution in [0.5, 0.6) is 0 Å². The van der Waals surface area contributed by atoms with E-state index in [1.54, 1.807) is 6.92 Å². The zero-order valence-electron chi connectivity index (χ0n) is 11.5. The van der Waals surface area contributed by atoms with Crippen LogP contribution in [0.3, 0.4) is 0 Å². The van der Waals surface area contributed by atoms with Gasteiger partial charge in [-0.15, -0.1) is 0 Å². The number of nitrogens with one attached hydrogen (secondary N) is 1. The third-order valence-corrected chi connectivity index (χ3v) is 5.72. The Morgan fingerprint density at radius 1 is 1.47 bits per heavy atom. The SMILES string of the molecule is CCC1(CNS(=O)(=O)c2cc(CN)oc2C)CCC1. The summed E-state index contributed by atoms with van der Waals surface area (Å²) >= 11 is 0. The van der Waals surface area contributed by atoms with E-state index in [-0.39, 0.29) is 16.9 Å². The van der Waals surface area contributed by atoms with E-state index in [1.807, 2.05) is 0 Å². The lowest BCUT2D eigenvalue weighted by atomic mass is 9.67. The van der Waals surface area contributed by atoms with Gasteiger partial charge in [-0.1, -0.05) is 13.3 Å². The monoisotopic (exact) mass is 286 g/mol. The van der Waals surface area contributed by atoms with Crippen LogP contribution >= 0.6 is 0 Å². The molecule has 1 aliphatic carbocycles. The Morgan fingerprint density at radius 3 is 2.58 bits per heavy atom. The van der Waals surface area contributed by atoms with E-state index < -0.39 is 10.0 Å². The molecule has 0 amide bonds. The Balaban J connectivity index is 2.11. The van der Waals surface area contributed by atoms with E-state index >= 15 is 0 Å². The first kappa shape index (κ1) is 14.6. The van der Waals surface area contributed by atoms with Crippen LogP contribution in [0, 0.1) is 12.3 Å². The van der Waals surface area contributed by atoms with Gasteiger partial charge in [-0.25, -0.2) is 13.1 Å². The van der Waals surface area contributed by atoms with Crippen molar-refractivity contribution in [1.29, 1.82) is 0 Å². The Hall–Kier alpha value is -0.850. The standard InChI is InChI=1S/C13H22N2O3S/c1-3-13(5-4-6-13)9-15-19(16,17)12-7-11(8-14)18-10(12)2/h7,15H,3-6,8-9,14H2,1-2H3. The molecule has 0 radical (unpaired) electrons. The quantitative estimate of drug-likeness (QED) is 0.836. The summed E-state index contributed by atoms with van der Waals surface area (Å²) in [7, 11) is -3.50. The van der Waals surface area contributed by atoms with Crippen molar-refractivity contribution in [3.05, 3.63) is 17.6 Å². The first-order valence-electron chi connectivity index (χ1n) is 6.71. The molecular weight excluding hydrogens is 264 g/mol. The van der Waals surface area contributed by atoms with Crippen molar-refractivity contribution < 1.29 is 12.8 Å². The van der Waals surface area contributed by atoms with Crippen molar-refractivity contribution >= 4 is 10.0 Å². The summed E-state index contributed by atoms with van der Waals surface area (Å²) < 4.78 is 32.6. The molecule has 5 nitrogen and oxygen atoms in total. The van der Waals surface area contributed by atoms with Crippen LogP contribution < -0.4 is 10.5 Å². The molecule has 1 fully saturated rings. The maximum Gasteiger partial charge on any atom is 0.244 e. The van der Waals surface area contributed by atoms with Crippen LogP contribution in [0.25, 0.3) is 0 Å². The lowest BCUT2D eigenvalue weighted by Gasteiger charge is -2.41. The normalized spacial score (nSPS) is 18.3. The van der Waals surface area contributed by atoms with Gasteiger partial charge in [-0.2, -0.15) is 0 Å². The van der Waals surface area contributed by atoms with Gasteiger partial charge < -0.3 is 10.2 Å². The number of rotatable bonds is 6. The maximum absolute atomic E-state index is 12.3. The van der Waals surface area contributed by atoms with Gasteiger partial charge in [0.25, 0.3) is 0 Å². The lowest BCUT2D eigenvalue weighted by Crippen LogP contribution is -2.41. The second-order valence-corrected chi connectivity index (χ2v) is 7.10. The van der Waals surface area contributed by atoms with E-state index in [4.69, 9.17) is 10.2 Å². The summed E-state index contributed by atoms with van der Waals surface area (Å²) in [6.07, 6.45) is 4.40. The van der Waals surface area contributed by atoms with E-state index in [1.165, 1.54) is 12.5 Å². The minimum absolute atomic E-state index is 0.154. The summed E-state index contributed by atoms with van der Waals surface area (Å²) in [6.45, 7) is 4.47. The molecule has 0 unspecified atom stereocenters. The third-order valence-electron chi connectivity index (χ3n) is 4.22. The highest BCUT2D eigenvalue weighted by molar-refractivity contribution is 7.89. The van der Waals surface area contributed by atoms with Crippen molar-refractivity contribution in [2.75, 3.05) is 6.54 Å². The van der Waals surface area contributed by atoms with E-state index in [0.717, 1.165) is 19.3 Å². The highest BCUT2D eigenvalue weighted by Crippen LogP contribution is 2.43. The summed E-state index contributed by atoms with van der Waals surface area (Å²) in [5.74, 6) is 0.888. The first-order chi connectivity index (χ1) is 8.92. The molecule has 0 bridgehead atoms. The third kappa shape index (κ3) is 2.85. The Kier molecular flexibility index (Phi) is 4.03. The predicted octanol–water partition coefficient (Wildman–Crippen LogP) is 1.91. The second kappa shape index (κ2) is 5.26. The van der Waals surface area contributed by atoms with Crippen molar-refractivity contribution in [1.82, 2.24) is 4.72 Å². The summed E-state index contributed by atoms with van der Waals surface area (Å²) in [6, 6.07) is 1.51. The van der Waals surface area contributed by atoms with Crippen LogP contribution in [0.1, 0.15) is 44.1 Å². The van der Waals surface area contributed by atoms with Gasteiger partial charge in [-0.05, 0) is 31.6 Å². The van der Waals surface area contributed by atoms with Crippen molar-refractivity contribution in [2.45, 2.75) is 51.0 Å². The van der Waals surface area contributed by atoms with Gasteiger partial charge in [0.15, 0.2) is 0 Å². The van der Waals surface area contributed by atoms with Gasteiger partial charge in [0.1, 0.15) is 16.4 Å². The highest BCUT2D eigenvalue weighted by Gasteiger charge is 2.36. The molecule has 1 heterocycles. The fourth-order valence-electron chi connectivity index (χ4n) is 2.55.